The molecule has 0 aliphatic rings. The van der Waals surface area contributed by atoms with Crippen LogP contribution in [-0.2, 0) is 9.63 Å². The van der Waals surface area contributed by atoms with Gasteiger partial charge in [-0.25, -0.2) is 0 Å². The van der Waals surface area contributed by atoms with E-state index >= 15 is 0 Å². The van der Waals surface area contributed by atoms with E-state index < -0.39 is 5.97 Å². The molecule has 0 saturated heterocycles. The van der Waals surface area contributed by atoms with Gasteiger partial charge >= 0.3 is 5.97 Å². The van der Waals surface area contributed by atoms with Crippen molar-refractivity contribution in [2.45, 2.75) is 6.92 Å². The maximum Gasteiger partial charge on any atom is 0.321 e. The monoisotopic (exact) mass is 119 g/mol. The first-order chi connectivity index (χ1) is 3.77. The van der Waals surface area contributed by atoms with Crippen LogP contribution in [0.5, 0.6) is 0 Å². The van der Waals surface area contributed by atoms with E-state index in [0.717, 1.165) is 0 Å². The molecule has 48 valence electrons. The molecule has 0 aliphatic carbocycles. The van der Waals surface area contributed by atoms with Crippen molar-refractivity contribution < 1.29 is 14.7 Å². The molecular formula is C4H9NO3. The van der Waals surface area contributed by atoms with Crippen LogP contribution in [-0.4, -0.2) is 24.2 Å². The first kappa shape index (κ1) is 7.39. The highest BCUT2D eigenvalue weighted by Crippen LogP contribution is 1.65. The van der Waals surface area contributed by atoms with E-state index in [-0.39, 0.29) is 13.2 Å². The predicted molar refractivity (Wildman–Crippen MR) is 26.9 cm³/mol. The van der Waals surface area contributed by atoms with Gasteiger partial charge in [-0.3, -0.25) is 4.79 Å². The summed E-state index contributed by atoms with van der Waals surface area (Å²) in [4.78, 5) is 14.2. The third kappa shape index (κ3) is 5.39. The lowest BCUT2D eigenvalue weighted by molar-refractivity contribution is -0.148. The van der Waals surface area contributed by atoms with Crippen LogP contribution < -0.4 is 5.48 Å². The van der Waals surface area contributed by atoms with Gasteiger partial charge in [0.05, 0.1) is 13.2 Å². The number of rotatable bonds is 3. The van der Waals surface area contributed by atoms with Crippen LogP contribution >= 0.6 is 0 Å². The Morgan fingerprint density at radius 2 is 2.50 bits per heavy atom. The number of hydrogen-bond acceptors (Lipinski definition) is 4. The van der Waals surface area contributed by atoms with Crippen molar-refractivity contribution >= 4 is 5.97 Å². The lowest BCUT2D eigenvalue weighted by Crippen LogP contribution is -2.21. The molecule has 0 fully saturated rings. The molecule has 2 N–H and O–H groups in total. The van der Waals surface area contributed by atoms with Crippen molar-refractivity contribution in [1.29, 1.82) is 0 Å². The fourth-order valence-corrected chi connectivity index (χ4v) is 0.198. The summed E-state index contributed by atoms with van der Waals surface area (Å²) in [6, 6.07) is 0. The number of aliphatic hydroxyl groups is 1. The molecular weight excluding hydrogens is 110 g/mol. The molecule has 0 radical (unpaired) electrons. The van der Waals surface area contributed by atoms with E-state index in [1.165, 1.54) is 6.92 Å². The Labute approximate surface area is 47.4 Å². The third-order valence-corrected chi connectivity index (χ3v) is 0.430. The molecule has 0 aromatic rings. The minimum Gasteiger partial charge on any atom is -0.395 e. The average molecular weight is 119 g/mol. The summed E-state index contributed by atoms with van der Waals surface area (Å²) in [6.45, 7) is 1.53. The van der Waals surface area contributed by atoms with E-state index in [2.05, 4.69) is 10.3 Å². The summed E-state index contributed by atoms with van der Waals surface area (Å²) >= 11 is 0. The Morgan fingerprint density at radius 3 is 2.88 bits per heavy atom. The van der Waals surface area contributed by atoms with E-state index in [0.29, 0.717) is 0 Å². The van der Waals surface area contributed by atoms with E-state index in [1.54, 1.807) is 0 Å². The summed E-state index contributed by atoms with van der Waals surface area (Å²) in [6.07, 6.45) is 0. The van der Waals surface area contributed by atoms with Crippen molar-refractivity contribution in [1.82, 2.24) is 5.48 Å². The number of carbonyl (C=O) groups excluding carboxylic acids is 1. The highest BCUT2D eigenvalue weighted by atomic mass is 16.7. The molecule has 4 nitrogen and oxygen atoms in total. The summed E-state index contributed by atoms with van der Waals surface area (Å²) < 4.78 is 0. The van der Waals surface area contributed by atoms with Gasteiger partial charge in [0, 0.05) is 6.92 Å². The second kappa shape index (κ2) is 4.55. The maximum atomic E-state index is 9.95. The van der Waals surface area contributed by atoms with Crippen LogP contribution in [0.25, 0.3) is 0 Å². The predicted octanol–water partition coefficient (Wildman–Crippen LogP) is -0.954. The minimum atomic E-state index is -0.404. The Kier molecular flexibility index (Phi) is 4.20. The van der Waals surface area contributed by atoms with Crippen LogP contribution in [0.3, 0.4) is 0 Å². The lowest BCUT2D eigenvalue weighted by Gasteiger charge is -1.97. The quantitative estimate of drug-likeness (QED) is 0.371. The molecule has 8 heavy (non-hydrogen) atoms. The Morgan fingerprint density at radius 1 is 1.88 bits per heavy atom. The van der Waals surface area contributed by atoms with Gasteiger partial charge in [-0.2, -0.15) is 5.48 Å². The number of hydroxylamine groups is 1. The number of aliphatic hydroxyl groups excluding tert-OH is 1. The van der Waals surface area contributed by atoms with E-state index in [1.807, 2.05) is 0 Å². The lowest BCUT2D eigenvalue weighted by atomic mass is 10.7. The summed E-state index contributed by atoms with van der Waals surface area (Å²) in [7, 11) is 0. The van der Waals surface area contributed by atoms with Gasteiger partial charge in [0.15, 0.2) is 0 Å². The van der Waals surface area contributed by atoms with Gasteiger partial charge in [-0.05, 0) is 0 Å². The normalized spacial score (nSPS) is 8.75. The number of carbonyl (C=O) groups is 1. The molecule has 0 saturated carbocycles. The zero-order valence-corrected chi connectivity index (χ0v) is 4.68. The van der Waals surface area contributed by atoms with Crippen LogP contribution in [0.4, 0.5) is 0 Å². The standard InChI is InChI=1S/C4H9NO3/c1-4(7)8-5-2-3-6/h5-6H,2-3H2,1H3. The van der Waals surface area contributed by atoms with Gasteiger partial charge in [-0.15, -0.1) is 0 Å². The van der Waals surface area contributed by atoms with Gasteiger partial charge in [0.2, 0.25) is 0 Å². The third-order valence-electron chi connectivity index (χ3n) is 0.430. The maximum absolute atomic E-state index is 9.95. The zero-order chi connectivity index (χ0) is 6.41. The van der Waals surface area contributed by atoms with Gasteiger partial charge in [0.25, 0.3) is 0 Å². The Bertz CT molecular complexity index is 73.7. The largest absolute Gasteiger partial charge is 0.395 e. The molecule has 0 atom stereocenters. The number of nitrogens with one attached hydrogen (secondary N) is 1. The molecule has 0 unspecified atom stereocenters. The van der Waals surface area contributed by atoms with Gasteiger partial charge < -0.3 is 9.94 Å². The second-order valence-corrected chi connectivity index (χ2v) is 1.21. The van der Waals surface area contributed by atoms with Crippen molar-refractivity contribution in [3.8, 4) is 0 Å². The SMILES string of the molecule is CC(=O)ONCCO. The van der Waals surface area contributed by atoms with Gasteiger partial charge in [-0.1, -0.05) is 0 Å². The van der Waals surface area contributed by atoms with Crippen molar-refractivity contribution in [3.05, 3.63) is 0 Å². The van der Waals surface area contributed by atoms with Crippen molar-refractivity contribution in [2.75, 3.05) is 13.2 Å². The second-order valence-electron chi connectivity index (χ2n) is 1.21. The Hall–Kier alpha value is -0.610. The average Bonchev–Trinajstić information content (AvgIpc) is 1.66. The van der Waals surface area contributed by atoms with Crippen LogP contribution in [0.1, 0.15) is 6.92 Å². The first-order valence-electron chi connectivity index (χ1n) is 2.28. The summed E-state index contributed by atoms with van der Waals surface area (Å²) in [5, 5.41) is 8.13. The smallest absolute Gasteiger partial charge is 0.321 e. The fourth-order valence-electron chi connectivity index (χ4n) is 0.198. The first-order valence-corrected chi connectivity index (χ1v) is 2.28. The highest BCUT2D eigenvalue weighted by molar-refractivity contribution is 5.65. The zero-order valence-electron chi connectivity index (χ0n) is 4.68. The van der Waals surface area contributed by atoms with Crippen molar-refractivity contribution in [3.63, 3.8) is 0 Å². The van der Waals surface area contributed by atoms with E-state index in [9.17, 15) is 4.79 Å². The van der Waals surface area contributed by atoms with Gasteiger partial charge in [0.1, 0.15) is 0 Å². The molecule has 0 spiro atoms. The molecule has 0 aliphatic heterocycles. The molecule has 0 amide bonds. The highest BCUT2D eigenvalue weighted by Gasteiger charge is 1.87. The molecule has 4 heteroatoms. The molecule has 0 bridgehead atoms. The summed E-state index contributed by atoms with van der Waals surface area (Å²) in [5.74, 6) is -0.404. The Balaban J connectivity index is 2.82. The van der Waals surface area contributed by atoms with E-state index in [4.69, 9.17) is 5.11 Å². The molecule has 0 aromatic heterocycles. The van der Waals surface area contributed by atoms with Crippen LogP contribution in [0.2, 0.25) is 0 Å². The molecule has 0 aromatic carbocycles. The molecule has 0 heterocycles. The topological polar surface area (TPSA) is 58.6 Å². The fraction of sp³-hybridized carbons (Fsp3) is 0.750. The van der Waals surface area contributed by atoms with Crippen LogP contribution in [0, 0.1) is 0 Å². The molecule has 0 rings (SSSR count). The number of hydrogen-bond donors (Lipinski definition) is 2. The van der Waals surface area contributed by atoms with Crippen LogP contribution in [0.15, 0.2) is 0 Å². The summed E-state index contributed by atoms with van der Waals surface area (Å²) in [5.41, 5.74) is 2.23. The van der Waals surface area contributed by atoms with Crippen molar-refractivity contribution in [2.24, 2.45) is 0 Å². The minimum absolute atomic E-state index is 0.0344.